The summed E-state index contributed by atoms with van der Waals surface area (Å²) in [6.07, 6.45) is 0. The van der Waals surface area contributed by atoms with Crippen LogP contribution in [0, 0.1) is 0 Å². The summed E-state index contributed by atoms with van der Waals surface area (Å²) in [5.41, 5.74) is 0. The summed E-state index contributed by atoms with van der Waals surface area (Å²) in [7, 11) is 0. The SMILES string of the molecule is [Au].[Be+2].[Be+2].[Cu].[H-].[H-].[H-].[H-]. The van der Waals surface area contributed by atoms with E-state index < -0.39 is 0 Å². The molecule has 0 aromatic rings. The van der Waals surface area contributed by atoms with Crippen molar-refractivity contribution in [3.05, 3.63) is 0 Å². The van der Waals surface area contributed by atoms with E-state index in [1.165, 1.54) is 0 Å². The third kappa shape index (κ3) is 9.51. The normalized spacial score (nSPS) is 0. The minimum Gasteiger partial charge on any atom is -1.00 e. The summed E-state index contributed by atoms with van der Waals surface area (Å²) < 4.78 is 0. The molecule has 0 atom stereocenters. The fraction of sp³-hybridized carbons (Fsp3) is 0. The second-order valence-electron chi connectivity index (χ2n) is 0. The van der Waals surface area contributed by atoms with Gasteiger partial charge in [-0.3, -0.25) is 0 Å². The minimum absolute atomic E-state index is 0. The van der Waals surface area contributed by atoms with Crippen molar-refractivity contribution in [2.45, 2.75) is 0 Å². The molecular weight excluding hydrogens is 279 g/mol. The van der Waals surface area contributed by atoms with Crippen molar-refractivity contribution in [1.29, 1.82) is 0 Å². The summed E-state index contributed by atoms with van der Waals surface area (Å²) >= 11 is 0. The van der Waals surface area contributed by atoms with Crippen LogP contribution in [0.1, 0.15) is 5.71 Å². The monoisotopic (exact) mass is 282 g/mol. The molecule has 0 aliphatic heterocycles. The molecule has 0 unspecified atom stereocenters. The summed E-state index contributed by atoms with van der Waals surface area (Å²) in [6, 6.07) is 0. The molecule has 0 heterocycles. The first-order valence-electron chi connectivity index (χ1n) is 0. The summed E-state index contributed by atoms with van der Waals surface area (Å²) in [5.74, 6) is 0. The van der Waals surface area contributed by atoms with E-state index in [9.17, 15) is 0 Å². The molecule has 0 N–H and O–H groups in total. The van der Waals surface area contributed by atoms with Gasteiger partial charge in [-0.2, -0.15) is 0 Å². The van der Waals surface area contributed by atoms with Crippen LogP contribution >= 0.6 is 0 Å². The Morgan fingerprint density at radius 2 is 1.00 bits per heavy atom. The first-order chi connectivity index (χ1) is 0. The van der Waals surface area contributed by atoms with Gasteiger partial charge in [0.1, 0.15) is 0 Å². The third-order valence-electron chi connectivity index (χ3n) is 0. The van der Waals surface area contributed by atoms with Crippen LogP contribution in [-0.2, 0) is 39.4 Å². The molecular formula is H4AuBe2Cu. The first-order valence-corrected chi connectivity index (χ1v) is 0. The molecule has 0 saturated heterocycles. The minimum atomic E-state index is 0. The van der Waals surface area contributed by atoms with E-state index in [-0.39, 0.29) is 65.4 Å². The third-order valence-corrected chi connectivity index (χ3v) is 0. The number of rotatable bonds is 0. The van der Waals surface area contributed by atoms with Crippen LogP contribution in [0.3, 0.4) is 0 Å². The van der Waals surface area contributed by atoms with Gasteiger partial charge in [-0.1, -0.05) is 0 Å². The van der Waals surface area contributed by atoms with E-state index >= 15 is 0 Å². The van der Waals surface area contributed by atoms with Crippen LogP contribution in [0.15, 0.2) is 0 Å². The summed E-state index contributed by atoms with van der Waals surface area (Å²) in [6.45, 7) is 0. The van der Waals surface area contributed by atoms with Gasteiger partial charge in [0, 0.05) is 39.4 Å². The molecule has 30 valence electrons. The topological polar surface area (TPSA) is 0 Å². The zero-order valence-electron chi connectivity index (χ0n) is 6.02. The van der Waals surface area contributed by atoms with Gasteiger partial charge in [0.15, 0.2) is 0 Å². The van der Waals surface area contributed by atoms with Gasteiger partial charge in [-0.15, -0.1) is 0 Å². The van der Waals surface area contributed by atoms with E-state index in [0.29, 0.717) is 0 Å². The van der Waals surface area contributed by atoms with E-state index in [1.807, 2.05) is 0 Å². The molecule has 0 bridgehead atoms. The Balaban J connectivity index is 0. The largest absolute Gasteiger partial charge is 2.00 e. The fourth-order valence-corrected chi connectivity index (χ4v) is 0. The Morgan fingerprint density at radius 3 is 1.00 bits per heavy atom. The van der Waals surface area contributed by atoms with Gasteiger partial charge in [0.2, 0.25) is 0 Å². The fourth-order valence-electron chi connectivity index (χ4n) is 0. The van der Waals surface area contributed by atoms with Gasteiger partial charge in [-0.05, 0) is 0 Å². The van der Waals surface area contributed by atoms with Gasteiger partial charge < -0.3 is 5.71 Å². The van der Waals surface area contributed by atoms with Crippen molar-refractivity contribution >= 4 is 20.2 Å². The molecule has 0 aromatic heterocycles. The van der Waals surface area contributed by atoms with Crippen molar-refractivity contribution < 1.29 is 45.2 Å². The Hall–Kier alpha value is 1.60. The Labute approximate surface area is 65.5 Å². The van der Waals surface area contributed by atoms with Crippen LogP contribution < -0.4 is 0 Å². The molecule has 2 radical (unpaired) electrons. The average Bonchev–Trinajstić information content (AvgIpc) is 0. The van der Waals surface area contributed by atoms with E-state index in [4.69, 9.17) is 0 Å². The van der Waals surface area contributed by atoms with Crippen LogP contribution in [0.25, 0.3) is 0 Å². The first kappa shape index (κ1) is 46.4. The molecule has 0 saturated carbocycles. The van der Waals surface area contributed by atoms with Crippen molar-refractivity contribution in [1.82, 2.24) is 0 Å². The van der Waals surface area contributed by atoms with Crippen LogP contribution in [0.2, 0.25) is 0 Å². The summed E-state index contributed by atoms with van der Waals surface area (Å²) in [4.78, 5) is 0. The molecule has 0 aromatic carbocycles. The Kier molecular flexibility index (Phi) is 270. The van der Waals surface area contributed by atoms with E-state index in [1.54, 1.807) is 0 Å². The van der Waals surface area contributed by atoms with Crippen LogP contribution in [0.4, 0.5) is 0 Å². The second-order valence-corrected chi connectivity index (χ2v) is 0. The average molecular weight is 283 g/mol. The van der Waals surface area contributed by atoms with Crippen molar-refractivity contribution in [2.24, 2.45) is 0 Å². The summed E-state index contributed by atoms with van der Waals surface area (Å²) in [5, 5.41) is 0. The predicted octanol–water partition coefficient (Wildman–Crippen LogP) is -0.317. The zero-order valence-corrected chi connectivity index (χ0v) is 5.13. The smallest absolute Gasteiger partial charge is 1.00 e. The van der Waals surface area contributed by atoms with Gasteiger partial charge in [0.25, 0.3) is 0 Å². The Bertz CT molecular complexity index is 14.0. The van der Waals surface area contributed by atoms with Crippen molar-refractivity contribution in [3.63, 3.8) is 0 Å². The maximum absolute atomic E-state index is 0. The standard InChI is InChI=1S/Au.2Be.Cu.4H/q;2*+2;;4*-1. The molecule has 0 fully saturated rings. The molecule has 0 rings (SSSR count). The van der Waals surface area contributed by atoms with Gasteiger partial charge in [-0.25, -0.2) is 0 Å². The Morgan fingerprint density at radius 1 is 1.00 bits per heavy atom. The van der Waals surface area contributed by atoms with Crippen LogP contribution in [-0.4, -0.2) is 20.2 Å². The number of hydrogen-bond donors (Lipinski definition) is 0. The van der Waals surface area contributed by atoms with Crippen LogP contribution in [0.5, 0.6) is 0 Å². The molecule has 0 nitrogen and oxygen atoms in total. The van der Waals surface area contributed by atoms with E-state index in [0.717, 1.165) is 0 Å². The van der Waals surface area contributed by atoms with Crippen molar-refractivity contribution in [3.8, 4) is 0 Å². The molecule has 4 heteroatoms. The maximum atomic E-state index is 0. The maximum Gasteiger partial charge on any atom is 2.00 e. The number of hydrogen-bond acceptors (Lipinski definition) is 0. The molecule has 0 spiro atoms. The quantitative estimate of drug-likeness (QED) is 0.535. The predicted molar refractivity (Wildman–Crippen MR) is 16.0 cm³/mol. The van der Waals surface area contributed by atoms with Crippen molar-refractivity contribution in [2.75, 3.05) is 0 Å². The molecule has 0 aliphatic carbocycles. The molecule has 0 aliphatic rings. The second kappa shape index (κ2) is 23.3. The zero-order chi connectivity index (χ0) is 0. The molecule has 4 heavy (non-hydrogen) atoms. The van der Waals surface area contributed by atoms with E-state index in [2.05, 4.69) is 0 Å². The van der Waals surface area contributed by atoms with Gasteiger partial charge in [0.05, 0.1) is 0 Å². The molecule has 0 amide bonds. The van der Waals surface area contributed by atoms with Gasteiger partial charge >= 0.3 is 20.2 Å².